The van der Waals surface area contributed by atoms with Gasteiger partial charge < -0.3 is 10.8 Å². The van der Waals surface area contributed by atoms with E-state index >= 15 is 0 Å². The van der Waals surface area contributed by atoms with Crippen molar-refractivity contribution in [2.75, 3.05) is 13.2 Å². The molecule has 0 fully saturated rings. The molecule has 0 amide bonds. The minimum atomic E-state index is 0.0636. The van der Waals surface area contributed by atoms with Gasteiger partial charge in [-0.2, -0.15) is 0 Å². The second-order valence-electron chi connectivity index (χ2n) is 3.22. The van der Waals surface area contributed by atoms with Crippen LogP contribution in [0.3, 0.4) is 0 Å². The molecule has 78 valence electrons. The van der Waals surface area contributed by atoms with E-state index in [-0.39, 0.29) is 12.5 Å². The summed E-state index contributed by atoms with van der Waals surface area (Å²) in [6, 6.07) is 5.35. The van der Waals surface area contributed by atoms with Crippen LogP contribution < -0.4 is 5.73 Å². The molecule has 3 N–H and O–H groups in total. The zero-order chi connectivity index (χ0) is 10.6. The number of aliphatic hydroxyl groups excluding tert-OH is 1. The van der Waals surface area contributed by atoms with Crippen molar-refractivity contribution < 1.29 is 5.11 Å². The van der Waals surface area contributed by atoms with Gasteiger partial charge in [0, 0.05) is 16.7 Å². The quantitative estimate of drug-likeness (QED) is 0.837. The van der Waals surface area contributed by atoms with Crippen LogP contribution in [0.2, 0.25) is 10.0 Å². The fourth-order valence-corrected chi connectivity index (χ4v) is 1.71. The summed E-state index contributed by atoms with van der Waals surface area (Å²) in [7, 11) is 0. The average Bonchev–Trinajstić information content (AvgIpc) is 2.17. The summed E-state index contributed by atoms with van der Waals surface area (Å²) >= 11 is 11.7. The number of aliphatic hydroxyl groups is 1. The van der Waals surface area contributed by atoms with Gasteiger partial charge in [-0.05, 0) is 36.6 Å². The molecular weight excluding hydrogens is 221 g/mol. The highest BCUT2D eigenvalue weighted by Gasteiger charge is 2.09. The van der Waals surface area contributed by atoms with E-state index < -0.39 is 0 Å². The molecule has 1 atom stereocenters. The molecule has 0 unspecified atom stereocenters. The maximum Gasteiger partial charge on any atom is 0.0474 e. The summed E-state index contributed by atoms with van der Waals surface area (Å²) in [5, 5.41) is 10.2. The molecule has 0 bridgehead atoms. The molecule has 0 spiro atoms. The first-order valence-corrected chi connectivity index (χ1v) is 5.17. The Bertz CT molecular complexity index is 300. The van der Waals surface area contributed by atoms with Crippen molar-refractivity contribution in [2.24, 2.45) is 11.7 Å². The van der Waals surface area contributed by atoms with Crippen molar-refractivity contribution >= 4 is 23.2 Å². The van der Waals surface area contributed by atoms with Crippen LogP contribution in [-0.2, 0) is 6.42 Å². The fourth-order valence-electron chi connectivity index (χ4n) is 1.22. The van der Waals surface area contributed by atoms with Gasteiger partial charge in [0.2, 0.25) is 0 Å². The SMILES string of the molecule is NC[C@H](CO)Cc1ccc(Cl)cc1Cl. The van der Waals surface area contributed by atoms with Crippen molar-refractivity contribution in [3.05, 3.63) is 33.8 Å². The summed E-state index contributed by atoms with van der Waals surface area (Å²) in [6.45, 7) is 0.533. The lowest BCUT2D eigenvalue weighted by Gasteiger charge is -2.12. The maximum atomic E-state index is 8.98. The number of rotatable bonds is 4. The van der Waals surface area contributed by atoms with Gasteiger partial charge >= 0.3 is 0 Å². The predicted molar refractivity (Wildman–Crippen MR) is 59.8 cm³/mol. The van der Waals surface area contributed by atoms with Crippen LogP contribution in [0.4, 0.5) is 0 Å². The molecule has 0 saturated heterocycles. The Labute approximate surface area is 93.6 Å². The van der Waals surface area contributed by atoms with Crippen molar-refractivity contribution in [2.45, 2.75) is 6.42 Å². The van der Waals surface area contributed by atoms with E-state index in [0.717, 1.165) is 5.56 Å². The Kier molecular flexibility index (Phi) is 4.69. The van der Waals surface area contributed by atoms with Gasteiger partial charge in [-0.1, -0.05) is 29.3 Å². The summed E-state index contributed by atoms with van der Waals surface area (Å²) in [5.74, 6) is 0.0636. The van der Waals surface area contributed by atoms with Crippen molar-refractivity contribution in [3.63, 3.8) is 0 Å². The van der Waals surface area contributed by atoms with Crippen LogP contribution in [0.5, 0.6) is 0 Å². The highest BCUT2D eigenvalue weighted by atomic mass is 35.5. The van der Waals surface area contributed by atoms with E-state index in [9.17, 15) is 0 Å². The van der Waals surface area contributed by atoms with Crippen LogP contribution in [0.25, 0.3) is 0 Å². The molecule has 0 aliphatic rings. The van der Waals surface area contributed by atoms with Gasteiger partial charge in [0.05, 0.1) is 0 Å². The molecule has 1 aromatic rings. The van der Waals surface area contributed by atoms with E-state index in [4.69, 9.17) is 34.0 Å². The standard InChI is InChI=1S/C10H13Cl2NO/c11-9-2-1-8(10(12)4-9)3-7(5-13)6-14/h1-2,4,7,14H,3,5-6,13H2/t7-/m1/s1. The van der Waals surface area contributed by atoms with E-state index in [0.29, 0.717) is 23.0 Å². The first-order chi connectivity index (χ1) is 6.67. The molecular formula is C10H13Cl2NO. The van der Waals surface area contributed by atoms with Crippen molar-refractivity contribution in [1.29, 1.82) is 0 Å². The van der Waals surface area contributed by atoms with E-state index in [2.05, 4.69) is 0 Å². The monoisotopic (exact) mass is 233 g/mol. The molecule has 14 heavy (non-hydrogen) atoms. The fraction of sp³-hybridized carbons (Fsp3) is 0.400. The number of nitrogens with two attached hydrogens (primary N) is 1. The Hall–Kier alpha value is -0.280. The molecule has 2 nitrogen and oxygen atoms in total. The van der Waals surface area contributed by atoms with Crippen LogP contribution >= 0.6 is 23.2 Å². The molecule has 1 rings (SSSR count). The summed E-state index contributed by atoms with van der Waals surface area (Å²) in [5.41, 5.74) is 6.45. The third-order valence-electron chi connectivity index (χ3n) is 2.12. The summed E-state index contributed by atoms with van der Waals surface area (Å²) in [4.78, 5) is 0. The molecule has 0 heterocycles. The molecule has 0 aromatic heterocycles. The van der Waals surface area contributed by atoms with Gasteiger partial charge in [-0.25, -0.2) is 0 Å². The summed E-state index contributed by atoms with van der Waals surface area (Å²) in [6.07, 6.45) is 0.684. The Morgan fingerprint density at radius 1 is 1.36 bits per heavy atom. The van der Waals surface area contributed by atoms with E-state index in [1.165, 1.54) is 0 Å². The zero-order valence-corrected chi connectivity index (χ0v) is 9.22. The first-order valence-electron chi connectivity index (χ1n) is 4.42. The molecule has 1 aromatic carbocycles. The Morgan fingerprint density at radius 2 is 2.07 bits per heavy atom. The third kappa shape index (κ3) is 3.14. The van der Waals surface area contributed by atoms with Crippen LogP contribution in [0, 0.1) is 5.92 Å². The number of benzene rings is 1. The topological polar surface area (TPSA) is 46.2 Å². The van der Waals surface area contributed by atoms with Gasteiger partial charge in [-0.3, -0.25) is 0 Å². The smallest absolute Gasteiger partial charge is 0.0474 e. The van der Waals surface area contributed by atoms with Gasteiger partial charge in [0.15, 0.2) is 0 Å². The predicted octanol–water partition coefficient (Wildman–Crippen LogP) is 2.10. The lowest BCUT2D eigenvalue weighted by Crippen LogP contribution is -2.20. The maximum absolute atomic E-state index is 8.98. The second kappa shape index (κ2) is 5.56. The van der Waals surface area contributed by atoms with Crippen LogP contribution in [0.1, 0.15) is 5.56 Å². The van der Waals surface area contributed by atoms with Crippen LogP contribution in [0.15, 0.2) is 18.2 Å². The number of hydrogen-bond donors (Lipinski definition) is 2. The average molecular weight is 234 g/mol. The summed E-state index contributed by atoms with van der Waals surface area (Å²) < 4.78 is 0. The van der Waals surface area contributed by atoms with E-state index in [1.807, 2.05) is 6.07 Å². The normalized spacial score (nSPS) is 12.9. The van der Waals surface area contributed by atoms with E-state index in [1.54, 1.807) is 12.1 Å². The molecule has 0 aliphatic heterocycles. The minimum Gasteiger partial charge on any atom is -0.396 e. The van der Waals surface area contributed by atoms with Gasteiger partial charge in [0.1, 0.15) is 0 Å². The van der Waals surface area contributed by atoms with Gasteiger partial charge in [-0.15, -0.1) is 0 Å². The minimum absolute atomic E-state index is 0.0636. The molecule has 0 aliphatic carbocycles. The van der Waals surface area contributed by atoms with Crippen molar-refractivity contribution in [1.82, 2.24) is 0 Å². The van der Waals surface area contributed by atoms with Crippen molar-refractivity contribution in [3.8, 4) is 0 Å². The molecule has 0 saturated carbocycles. The Morgan fingerprint density at radius 3 is 2.57 bits per heavy atom. The number of halogens is 2. The number of hydrogen-bond acceptors (Lipinski definition) is 2. The largest absolute Gasteiger partial charge is 0.396 e. The lowest BCUT2D eigenvalue weighted by molar-refractivity contribution is 0.230. The van der Waals surface area contributed by atoms with Gasteiger partial charge in [0.25, 0.3) is 0 Å². The highest BCUT2D eigenvalue weighted by molar-refractivity contribution is 6.35. The Balaban J connectivity index is 2.76. The second-order valence-corrected chi connectivity index (χ2v) is 4.07. The lowest BCUT2D eigenvalue weighted by atomic mass is 10.0. The molecule has 0 radical (unpaired) electrons. The third-order valence-corrected chi connectivity index (χ3v) is 2.70. The zero-order valence-electron chi connectivity index (χ0n) is 7.71. The van der Waals surface area contributed by atoms with Crippen LogP contribution in [-0.4, -0.2) is 18.3 Å². The highest BCUT2D eigenvalue weighted by Crippen LogP contribution is 2.23. The molecule has 4 heteroatoms. The first kappa shape index (κ1) is 11.8.